The second kappa shape index (κ2) is 5.91. The van der Waals surface area contributed by atoms with Crippen LogP contribution in [-0.2, 0) is 6.18 Å². The predicted molar refractivity (Wildman–Crippen MR) is 60.0 cm³/mol. The van der Waals surface area contributed by atoms with E-state index in [0.717, 1.165) is 18.7 Å². The van der Waals surface area contributed by atoms with E-state index in [1.807, 2.05) is 14.0 Å². The van der Waals surface area contributed by atoms with Crippen molar-refractivity contribution in [3.63, 3.8) is 0 Å². The van der Waals surface area contributed by atoms with Gasteiger partial charge in [0.15, 0.2) is 0 Å². The van der Waals surface area contributed by atoms with Gasteiger partial charge in [-0.15, -0.1) is 0 Å². The summed E-state index contributed by atoms with van der Waals surface area (Å²) in [6.07, 6.45) is -4.29. The van der Waals surface area contributed by atoms with Crippen molar-refractivity contribution in [2.45, 2.75) is 13.1 Å². The molecule has 1 aromatic carbocycles. The lowest BCUT2D eigenvalue weighted by atomic mass is 10.2. The first-order valence-electron chi connectivity index (χ1n) is 5.38. The van der Waals surface area contributed by atoms with Crippen LogP contribution in [0.15, 0.2) is 24.3 Å². The Morgan fingerprint density at radius 3 is 2.29 bits per heavy atom. The number of halogens is 3. The van der Waals surface area contributed by atoms with Gasteiger partial charge in [-0.3, -0.25) is 0 Å². The van der Waals surface area contributed by atoms with Gasteiger partial charge in [0, 0.05) is 12.5 Å². The highest BCUT2D eigenvalue weighted by molar-refractivity contribution is 5.28. The molecule has 0 amide bonds. The number of rotatable bonds is 5. The van der Waals surface area contributed by atoms with E-state index in [4.69, 9.17) is 4.74 Å². The van der Waals surface area contributed by atoms with Crippen LogP contribution in [0, 0.1) is 5.92 Å². The normalized spacial score (nSPS) is 13.5. The van der Waals surface area contributed by atoms with Gasteiger partial charge in [-0.25, -0.2) is 0 Å². The molecule has 0 bridgehead atoms. The molecule has 1 rings (SSSR count). The molecule has 0 fully saturated rings. The first kappa shape index (κ1) is 13.8. The molecule has 17 heavy (non-hydrogen) atoms. The van der Waals surface area contributed by atoms with Crippen molar-refractivity contribution in [3.8, 4) is 5.75 Å². The van der Waals surface area contributed by atoms with Crippen molar-refractivity contribution in [1.82, 2.24) is 5.32 Å². The zero-order valence-electron chi connectivity index (χ0n) is 9.84. The number of ether oxygens (including phenoxy) is 1. The fraction of sp³-hybridized carbons (Fsp3) is 0.500. The maximum absolute atomic E-state index is 12.3. The lowest BCUT2D eigenvalue weighted by Crippen LogP contribution is -2.21. The molecule has 1 N–H and O–H groups in total. The van der Waals surface area contributed by atoms with Crippen molar-refractivity contribution < 1.29 is 17.9 Å². The molecule has 1 aromatic rings. The van der Waals surface area contributed by atoms with Gasteiger partial charge in [-0.2, -0.15) is 13.2 Å². The molecule has 0 heterocycles. The Balaban J connectivity index is 2.51. The van der Waals surface area contributed by atoms with E-state index in [1.54, 1.807) is 0 Å². The number of hydrogen-bond acceptors (Lipinski definition) is 2. The van der Waals surface area contributed by atoms with Crippen LogP contribution < -0.4 is 10.1 Å². The van der Waals surface area contributed by atoms with Crippen molar-refractivity contribution in [2.24, 2.45) is 5.92 Å². The molecule has 0 saturated carbocycles. The maximum atomic E-state index is 12.3. The van der Waals surface area contributed by atoms with Gasteiger partial charge in [0.25, 0.3) is 0 Å². The third-order valence-electron chi connectivity index (χ3n) is 2.27. The van der Waals surface area contributed by atoms with Crippen molar-refractivity contribution >= 4 is 0 Å². The summed E-state index contributed by atoms with van der Waals surface area (Å²) >= 11 is 0. The average Bonchev–Trinajstić information content (AvgIpc) is 2.26. The van der Waals surface area contributed by atoms with E-state index in [1.165, 1.54) is 12.1 Å². The Kier molecular flexibility index (Phi) is 4.81. The summed E-state index contributed by atoms with van der Waals surface area (Å²) in [6, 6.07) is 4.74. The molecule has 0 spiro atoms. The summed E-state index contributed by atoms with van der Waals surface area (Å²) in [5, 5.41) is 3.00. The van der Waals surface area contributed by atoms with Crippen LogP contribution in [0.1, 0.15) is 12.5 Å². The van der Waals surface area contributed by atoms with Gasteiger partial charge in [-0.05, 0) is 31.3 Å². The summed E-state index contributed by atoms with van der Waals surface area (Å²) in [4.78, 5) is 0. The fourth-order valence-corrected chi connectivity index (χ4v) is 1.39. The predicted octanol–water partition coefficient (Wildman–Crippen LogP) is 2.94. The topological polar surface area (TPSA) is 21.3 Å². The third kappa shape index (κ3) is 4.65. The van der Waals surface area contributed by atoms with Crippen LogP contribution in [-0.4, -0.2) is 20.2 Å². The van der Waals surface area contributed by atoms with E-state index in [0.29, 0.717) is 18.3 Å². The minimum Gasteiger partial charge on any atom is -0.493 e. The second-order valence-corrected chi connectivity index (χ2v) is 4.00. The Hall–Kier alpha value is -1.23. The van der Waals surface area contributed by atoms with Crippen LogP contribution >= 0.6 is 0 Å². The van der Waals surface area contributed by atoms with Crippen LogP contribution in [0.25, 0.3) is 0 Å². The van der Waals surface area contributed by atoms with E-state index in [9.17, 15) is 13.2 Å². The summed E-state index contributed by atoms with van der Waals surface area (Å²) in [6.45, 7) is 3.29. The minimum atomic E-state index is -4.29. The van der Waals surface area contributed by atoms with Crippen molar-refractivity contribution in [2.75, 3.05) is 20.2 Å². The van der Waals surface area contributed by atoms with E-state index >= 15 is 0 Å². The Morgan fingerprint density at radius 1 is 1.24 bits per heavy atom. The molecule has 1 unspecified atom stereocenters. The largest absolute Gasteiger partial charge is 0.493 e. The molecular formula is C12H16F3NO. The highest BCUT2D eigenvalue weighted by atomic mass is 19.4. The quantitative estimate of drug-likeness (QED) is 0.863. The number of alkyl halides is 3. The third-order valence-corrected chi connectivity index (χ3v) is 2.27. The molecule has 0 aliphatic rings. The Bertz CT molecular complexity index is 335. The molecule has 0 saturated heterocycles. The molecular weight excluding hydrogens is 231 g/mol. The fourth-order valence-electron chi connectivity index (χ4n) is 1.39. The molecule has 5 heteroatoms. The smallest absolute Gasteiger partial charge is 0.416 e. The van der Waals surface area contributed by atoms with Gasteiger partial charge in [0.05, 0.1) is 12.2 Å². The van der Waals surface area contributed by atoms with E-state index in [-0.39, 0.29) is 0 Å². The lowest BCUT2D eigenvalue weighted by molar-refractivity contribution is -0.137. The van der Waals surface area contributed by atoms with Gasteiger partial charge < -0.3 is 10.1 Å². The van der Waals surface area contributed by atoms with Crippen molar-refractivity contribution in [1.29, 1.82) is 0 Å². The first-order valence-corrected chi connectivity index (χ1v) is 5.38. The summed E-state index contributed by atoms with van der Waals surface area (Å²) < 4.78 is 42.2. The summed E-state index contributed by atoms with van der Waals surface area (Å²) in [7, 11) is 1.84. The van der Waals surface area contributed by atoms with Crippen LogP contribution in [0.3, 0.4) is 0 Å². The van der Waals surface area contributed by atoms with Crippen LogP contribution in [0.5, 0.6) is 5.75 Å². The molecule has 2 nitrogen and oxygen atoms in total. The zero-order chi connectivity index (χ0) is 12.9. The van der Waals surface area contributed by atoms with Gasteiger partial charge in [0.1, 0.15) is 5.75 Å². The van der Waals surface area contributed by atoms with Gasteiger partial charge in [0.2, 0.25) is 0 Å². The van der Waals surface area contributed by atoms with Crippen LogP contribution in [0.2, 0.25) is 0 Å². The highest BCUT2D eigenvalue weighted by Gasteiger charge is 2.29. The standard InChI is InChI=1S/C12H16F3NO/c1-9(7-16-2)8-17-11-5-3-10(4-6-11)12(13,14)15/h3-6,9,16H,7-8H2,1-2H3. The molecule has 0 radical (unpaired) electrons. The van der Waals surface area contributed by atoms with Crippen LogP contribution in [0.4, 0.5) is 13.2 Å². The SMILES string of the molecule is CNCC(C)COc1ccc(C(F)(F)F)cc1. The first-order chi connectivity index (χ1) is 7.93. The molecule has 0 aliphatic carbocycles. The molecule has 96 valence electrons. The van der Waals surface area contributed by atoms with Gasteiger partial charge >= 0.3 is 6.18 Å². The minimum absolute atomic E-state index is 0.308. The van der Waals surface area contributed by atoms with E-state index < -0.39 is 11.7 Å². The van der Waals surface area contributed by atoms with E-state index in [2.05, 4.69) is 5.32 Å². The monoisotopic (exact) mass is 247 g/mol. The zero-order valence-corrected chi connectivity index (χ0v) is 9.84. The van der Waals surface area contributed by atoms with Gasteiger partial charge in [-0.1, -0.05) is 6.92 Å². The number of nitrogens with one attached hydrogen (secondary N) is 1. The molecule has 0 aliphatic heterocycles. The average molecular weight is 247 g/mol. The number of hydrogen-bond donors (Lipinski definition) is 1. The van der Waals surface area contributed by atoms with Crippen molar-refractivity contribution in [3.05, 3.63) is 29.8 Å². The molecule has 0 aromatic heterocycles. The molecule has 1 atom stereocenters. The Labute approximate surface area is 98.8 Å². The number of benzene rings is 1. The second-order valence-electron chi connectivity index (χ2n) is 4.00. The lowest BCUT2D eigenvalue weighted by Gasteiger charge is -2.13. The summed E-state index contributed by atoms with van der Waals surface area (Å²) in [5.74, 6) is 0.767. The Morgan fingerprint density at radius 2 is 1.82 bits per heavy atom. The highest BCUT2D eigenvalue weighted by Crippen LogP contribution is 2.30. The maximum Gasteiger partial charge on any atom is 0.416 e. The summed E-state index contributed by atoms with van der Waals surface area (Å²) in [5.41, 5.74) is -0.659.